The van der Waals surface area contributed by atoms with Crippen LogP contribution in [0.3, 0.4) is 0 Å². The molecule has 0 radical (unpaired) electrons. The third-order valence-corrected chi connectivity index (χ3v) is 2.67. The highest BCUT2D eigenvalue weighted by Crippen LogP contribution is 2.30. The van der Waals surface area contributed by atoms with E-state index in [9.17, 15) is 10.1 Å². The Morgan fingerprint density at radius 2 is 1.88 bits per heavy atom. The summed E-state index contributed by atoms with van der Waals surface area (Å²) in [5.41, 5.74) is 3.21. The Balaban J connectivity index is 2.85. The fourth-order valence-corrected chi connectivity index (χ4v) is 1.68. The van der Waals surface area contributed by atoms with Gasteiger partial charge in [-0.1, -0.05) is 0 Å². The molecule has 2 aromatic rings. The van der Waals surface area contributed by atoms with E-state index in [2.05, 4.69) is 15.3 Å². The minimum absolute atomic E-state index is 0.0116. The van der Waals surface area contributed by atoms with Crippen LogP contribution < -0.4 is 5.32 Å². The number of rotatable bonds is 2. The van der Waals surface area contributed by atoms with Gasteiger partial charge >= 0.3 is 0 Å². The molecule has 0 aliphatic carbocycles. The van der Waals surface area contributed by atoms with Crippen LogP contribution in [-0.4, -0.2) is 21.9 Å². The number of fused-ring (bicyclic) bond motifs is 1. The van der Waals surface area contributed by atoms with E-state index in [-0.39, 0.29) is 5.69 Å². The van der Waals surface area contributed by atoms with Crippen LogP contribution in [0.5, 0.6) is 0 Å². The molecule has 0 unspecified atom stereocenters. The second-order valence-corrected chi connectivity index (χ2v) is 3.73. The molecule has 6 heteroatoms. The van der Waals surface area contributed by atoms with Crippen molar-refractivity contribution in [1.29, 1.82) is 0 Å². The lowest BCUT2D eigenvalue weighted by Gasteiger charge is -2.07. The number of nitrogens with zero attached hydrogens (tertiary/aromatic N) is 3. The van der Waals surface area contributed by atoms with Crippen molar-refractivity contribution in [3.8, 4) is 0 Å². The molecule has 0 spiro atoms. The molecule has 6 nitrogen and oxygen atoms in total. The summed E-state index contributed by atoms with van der Waals surface area (Å²) in [5, 5.41) is 13.7. The number of aryl methyl sites for hydroxylation is 2. The van der Waals surface area contributed by atoms with Gasteiger partial charge in [0, 0.05) is 13.1 Å². The summed E-state index contributed by atoms with van der Waals surface area (Å²) in [6.45, 7) is 3.70. The third kappa shape index (κ3) is 1.77. The van der Waals surface area contributed by atoms with E-state index in [4.69, 9.17) is 0 Å². The molecule has 0 amide bonds. The number of nitrogens with one attached hydrogen (secondary N) is 1. The highest BCUT2D eigenvalue weighted by molar-refractivity contribution is 5.93. The van der Waals surface area contributed by atoms with Gasteiger partial charge in [0.15, 0.2) is 0 Å². The zero-order valence-electron chi connectivity index (χ0n) is 9.81. The first-order valence-electron chi connectivity index (χ1n) is 5.14. The van der Waals surface area contributed by atoms with Gasteiger partial charge in [0.25, 0.3) is 5.69 Å². The SMILES string of the molecule is CNc1c([N+](=O)[O-])ccc2nc(C)c(C)nc12. The molecule has 0 bridgehead atoms. The Morgan fingerprint density at radius 3 is 2.47 bits per heavy atom. The van der Waals surface area contributed by atoms with E-state index in [0.717, 1.165) is 11.4 Å². The van der Waals surface area contributed by atoms with Crippen molar-refractivity contribution < 1.29 is 4.92 Å². The summed E-state index contributed by atoms with van der Waals surface area (Å²) in [6, 6.07) is 3.06. The van der Waals surface area contributed by atoms with Gasteiger partial charge in [0.1, 0.15) is 11.2 Å². The van der Waals surface area contributed by atoms with Gasteiger partial charge in [-0.3, -0.25) is 10.1 Å². The smallest absolute Gasteiger partial charge is 0.294 e. The van der Waals surface area contributed by atoms with Crippen molar-refractivity contribution in [2.45, 2.75) is 13.8 Å². The minimum Gasteiger partial charge on any atom is -0.381 e. The molecule has 0 aliphatic heterocycles. The third-order valence-electron chi connectivity index (χ3n) is 2.67. The lowest BCUT2D eigenvalue weighted by molar-refractivity contribution is -0.383. The van der Waals surface area contributed by atoms with E-state index in [1.165, 1.54) is 6.07 Å². The summed E-state index contributed by atoms with van der Waals surface area (Å²) in [4.78, 5) is 19.2. The van der Waals surface area contributed by atoms with Gasteiger partial charge in [0.05, 0.1) is 21.8 Å². The number of anilines is 1. The Hall–Kier alpha value is -2.24. The van der Waals surface area contributed by atoms with Gasteiger partial charge in [-0.25, -0.2) is 9.97 Å². The number of hydrogen-bond donors (Lipinski definition) is 1. The Morgan fingerprint density at radius 1 is 1.24 bits per heavy atom. The maximum atomic E-state index is 10.9. The van der Waals surface area contributed by atoms with E-state index in [1.807, 2.05) is 13.8 Å². The molecule has 1 heterocycles. The van der Waals surface area contributed by atoms with Crippen LogP contribution in [0.4, 0.5) is 11.4 Å². The van der Waals surface area contributed by atoms with Gasteiger partial charge in [0.2, 0.25) is 0 Å². The molecule has 2 rings (SSSR count). The molecule has 0 aliphatic rings. The molecule has 1 aromatic carbocycles. The monoisotopic (exact) mass is 232 g/mol. The molecule has 0 saturated heterocycles. The molecule has 0 atom stereocenters. The second-order valence-electron chi connectivity index (χ2n) is 3.73. The molecule has 17 heavy (non-hydrogen) atoms. The van der Waals surface area contributed by atoms with Crippen molar-refractivity contribution in [3.05, 3.63) is 33.6 Å². The second kappa shape index (κ2) is 3.97. The topological polar surface area (TPSA) is 81.0 Å². The summed E-state index contributed by atoms with van der Waals surface area (Å²) >= 11 is 0. The average Bonchev–Trinajstić information content (AvgIpc) is 2.29. The lowest BCUT2D eigenvalue weighted by atomic mass is 10.2. The highest BCUT2D eigenvalue weighted by atomic mass is 16.6. The zero-order chi connectivity index (χ0) is 12.6. The number of aromatic nitrogens is 2. The highest BCUT2D eigenvalue weighted by Gasteiger charge is 2.17. The standard InChI is InChI=1S/C11H12N4O2/c1-6-7(2)14-10-8(13-6)4-5-9(15(16)17)11(10)12-3/h4-5,12H,1-3H3. The number of hydrogen-bond acceptors (Lipinski definition) is 5. The van der Waals surface area contributed by atoms with Crippen molar-refractivity contribution >= 4 is 22.4 Å². The molecule has 0 fully saturated rings. The summed E-state index contributed by atoms with van der Waals surface area (Å²) in [7, 11) is 1.64. The molecule has 88 valence electrons. The van der Waals surface area contributed by atoms with E-state index >= 15 is 0 Å². The first kappa shape index (κ1) is 11.3. The van der Waals surface area contributed by atoms with Gasteiger partial charge in [-0.05, 0) is 19.9 Å². The van der Waals surface area contributed by atoms with Crippen LogP contribution in [0.15, 0.2) is 12.1 Å². The maximum absolute atomic E-state index is 10.9. The fraction of sp³-hybridized carbons (Fsp3) is 0.273. The maximum Gasteiger partial charge on any atom is 0.294 e. The van der Waals surface area contributed by atoms with Crippen molar-refractivity contribution in [2.75, 3.05) is 12.4 Å². The van der Waals surface area contributed by atoms with Crippen LogP contribution in [0.1, 0.15) is 11.4 Å². The number of benzene rings is 1. The quantitative estimate of drug-likeness (QED) is 0.634. The Kier molecular flexibility index (Phi) is 2.63. The first-order valence-corrected chi connectivity index (χ1v) is 5.14. The lowest BCUT2D eigenvalue weighted by Crippen LogP contribution is -2.01. The predicted molar refractivity (Wildman–Crippen MR) is 65.2 cm³/mol. The van der Waals surface area contributed by atoms with Crippen LogP contribution >= 0.6 is 0 Å². The van der Waals surface area contributed by atoms with Crippen LogP contribution in [-0.2, 0) is 0 Å². The first-order chi connectivity index (χ1) is 8.04. The van der Waals surface area contributed by atoms with Crippen molar-refractivity contribution in [3.63, 3.8) is 0 Å². The van der Waals surface area contributed by atoms with Crippen LogP contribution in [0, 0.1) is 24.0 Å². The Bertz CT molecular complexity index is 610. The predicted octanol–water partition coefficient (Wildman–Crippen LogP) is 2.20. The molecule has 1 N–H and O–H groups in total. The van der Waals surface area contributed by atoms with Crippen molar-refractivity contribution in [2.24, 2.45) is 0 Å². The summed E-state index contributed by atoms with van der Waals surface area (Å²) < 4.78 is 0. The van der Waals surface area contributed by atoms with Crippen molar-refractivity contribution in [1.82, 2.24) is 9.97 Å². The molecule has 1 aromatic heterocycles. The van der Waals surface area contributed by atoms with Gasteiger partial charge in [-0.15, -0.1) is 0 Å². The molecular formula is C11H12N4O2. The van der Waals surface area contributed by atoms with E-state index in [1.54, 1.807) is 13.1 Å². The zero-order valence-corrected chi connectivity index (χ0v) is 9.81. The van der Waals surface area contributed by atoms with Crippen LogP contribution in [0.25, 0.3) is 11.0 Å². The molecular weight excluding hydrogens is 220 g/mol. The Labute approximate surface area is 97.9 Å². The minimum atomic E-state index is -0.428. The van der Waals surface area contributed by atoms with E-state index in [0.29, 0.717) is 16.7 Å². The summed E-state index contributed by atoms with van der Waals surface area (Å²) in [6.07, 6.45) is 0. The van der Waals surface area contributed by atoms with Crippen LogP contribution in [0.2, 0.25) is 0 Å². The summed E-state index contributed by atoms with van der Waals surface area (Å²) in [5.74, 6) is 0. The van der Waals surface area contributed by atoms with Gasteiger partial charge < -0.3 is 5.32 Å². The van der Waals surface area contributed by atoms with E-state index < -0.39 is 4.92 Å². The van der Waals surface area contributed by atoms with Gasteiger partial charge in [-0.2, -0.15) is 0 Å². The largest absolute Gasteiger partial charge is 0.381 e. The average molecular weight is 232 g/mol. The number of nitro benzene ring substituents is 1. The molecule has 0 saturated carbocycles. The number of nitro groups is 1. The fourth-order valence-electron chi connectivity index (χ4n) is 1.68. The normalized spacial score (nSPS) is 10.5.